The molecule has 3 aromatic carbocycles. The van der Waals surface area contributed by atoms with Gasteiger partial charge in [-0.3, -0.25) is 9.59 Å². The molecule has 7 heteroatoms. The summed E-state index contributed by atoms with van der Waals surface area (Å²) in [6.45, 7) is 0.627. The number of imidazole rings is 1. The van der Waals surface area contributed by atoms with Gasteiger partial charge in [0.05, 0.1) is 29.6 Å². The number of anilines is 1. The van der Waals surface area contributed by atoms with Crippen molar-refractivity contribution in [2.24, 2.45) is 7.05 Å². The molecular formula is C26H24N4O3. The number of carbonyl (C=O) groups excluding carboxylic acids is 2. The van der Waals surface area contributed by atoms with E-state index in [1.165, 1.54) is 0 Å². The zero-order valence-electron chi connectivity index (χ0n) is 18.3. The first-order valence-electron chi connectivity index (χ1n) is 10.9. The van der Waals surface area contributed by atoms with Gasteiger partial charge in [-0.15, -0.1) is 0 Å². The summed E-state index contributed by atoms with van der Waals surface area (Å²) in [5.74, 6) is 0.0815. The van der Waals surface area contributed by atoms with E-state index in [4.69, 9.17) is 4.74 Å². The molecule has 1 atom stereocenters. The van der Waals surface area contributed by atoms with Crippen LogP contribution in [0.2, 0.25) is 0 Å². The lowest BCUT2D eigenvalue weighted by Gasteiger charge is -2.34. The predicted octanol–water partition coefficient (Wildman–Crippen LogP) is 3.34. The normalized spacial score (nSPS) is 15.1. The van der Waals surface area contributed by atoms with Crippen LogP contribution in [0, 0.1) is 0 Å². The number of nitrogens with zero attached hydrogens (tertiary/aromatic N) is 3. The predicted molar refractivity (Wildman–Crippen MR) is 126 cm³/mol. The average molecular weight is 441 g/mol. The monoisotopic (exact) mass is 440 g/mol. The van der Waals surface area contributed by atoms with Gasteiger partial charge < -0.3 is 19.5 Å². The van der Waals surface area contributed by atoms with Crippen molar-refractivity contribution in [1.29, 1.82) is 0 Å². The maximum atomic E-state index is 13.5. The number of amides is 2. The SMILES string of the molecule is Cn1cnc2cc(C(=O)N3CC(C(=O)NCCc4ccccc4)Oc4ccccc43)ccc21. The Morgan fingerprint density at radius 1 is 1.06 bits per heavy atom. The lowest BCUT2D eigenvalue weighted by molar-refractivity contribution is -0.127. The Morgan fingerprint density at radius 2 is 1.85 bits per heavy atom. The molecule has 1 aliphatic heterocycles. The van der Waals surface area contributed by atoms with Crippen molar-refractivity contribution < 1.29 is 14.3 Å². The molecule has 1 aromatic heterocycles. The highest BCUT2D eigenvalue weighted by atomic mass is 16.5. The number of carbonyl (C=O) groups is 2. The molecule has 2 heterocycles. The van der Waals surface area contributed by atoms with Crippen molar-refractivity contribution in [3.8, 4) is 5.75 Å². The largest absolute Gasteiger partial charge is 0.477 e. The van der Waals surface area contributed by atoms with Crippen LogP contribution in [0.4, 0.5) is 5.69 Å². The van der Waals surface area contributed by atoms with E-state index in [0.29, 0.717) is 23.5 Å². The van der Waals surface area contributed by atoms with Crippen molar-refractivity contribution in [3.63, 3.8) is 0 Å². The van der Waals surface area contributed by atoms with E-state index < -0.39 is 6.10 Å². The molecule has 33 heavy (non-hydrogen) atoms. The van der Waals surface area contributed by atoms with Crippen LogP contribution in [0.25, 0.3) is 11.0 Å². The number of hydrogen-bond donors (Lipinski definition) is 1. The van der Waals surface area contributed by atoms with Crippen LogP contribution in [-0.4, -0.2) is 40.6 Å². The minimum absolute atomic E-state index is 0.132. The molecule has 7 nitrogen and oxygen atoms in total. The Labute approximate surface area is 191 Å². The fourth-order valence-corrected chi connectivity index (χ4v) is 4.08. The molecule has 5 rings (SSSR count). The highest BCUT2D eigenvalue weighted by Crippen LogP contribution is 2.34. The average Bonchev–Trinajstić information content (AvgIpc) is 3.23. The number of hydrogen-bond acceptors (Lipinski definition) is 4. The molecule has 1 N–H and O–H groups in total. The first kappa shape index (κ1) is 20.8. The second kappa shape index (κ2) is 8.78. The van der Waals surface area contributed by atoms with E-state index in [2.05, 4.69) is 10.3 Å². The van der Waals surface area contributed by atoms with Crippen molar-refractivity contribution in [3.05, 3.63) is 90.3 Å². The van der Waals surface area contributed by atoms with Gasteiger partial charge in [-0.05, 0) is 42.3 Å². The number of ether oxygens (including phenoxy) is 1. The molecule has 4 aromatic rings. The summed E-state index contributed by atoms with van der Waals surface area (Å²) in [4.78, 5) is 32.3. The van der Waals surface area contributed by atoms with Crippen LogP contribution in [0.1, 0.15) is 15.9 Å². The fourth-order valence-electron chi connectivity index (χ4n) is 4.08. The lowest BCUT2D eigenvalue weighted by Crippen LogP contribution is -2.51. The first-order valence-corrected chi connectivity index (χ1v) is 10.9. The summed E-state index contributed by atoms with van der Waals surface area (Å²) in [5.41, 5.74) is 4.01. The Hall–Kier alpha value is -4.13. The van der Waals surface area contributed by atoms with Gasteiger partial charge in [-0.25, -0.2) is 4.98 Å². The highest BCUT2D eigenvalue weighted by molar-refractivity contribution is 6.09. The zero-order valence-corrected chi connectivity index (χ0v) is 18.3. The Bertz CT molecular complexity index is 1320. The summed E-state index contributed by atoms with van der Waals surface area (Å²) >= 11 is 0. The van der Waals surface area contributed by atoms with Gasteiger partial charge in [0.1, 0.15) is 5.75 Å². The summed E-state index contributed by atoms with van der Waals surface area (Å²) < 4.78 is 7.87. The number of nitrogens with one attached hydrogen (secondary N) is 1. The number of fused-ring (bicyclic) bond motifs is 2. The summed E-state index contributed by atoms with van der Waals surface area (Å²) in [6, 6.07) is 22.7. The number of rotatable bonds is 5. The molecule has 1 aliphatic rings. The maximum Gasteiger partial charge on any atom is 0.262 e. The van der Waals surface area contributed by atoms with Crippen molar-refractivity contribution >= 4 is 28.5 Å². The zero-order chi connectivity index (χ0) is 22.8. The van der Waals surface area contributed by atoms with Crippen molar-refractivity contribution in [2.75, 3.05) is 18.0 Å². The van der Waals surface area contributed by atoms with Crippen LogP contribution in [0.5, 0.6) is 5.75 Å². The van der Waals surface area contributed by atoms with Crippen molar-refractivity contribution in [2.45, 2.75) is 12.5 Å². The number of benzene rings is 3. The van der Waals surface area contributed by atoms with Gasteiger partial charge in [0, 0.05) is 19.2 Å². The smallest absolute Gasteiger partial charge is 0.262 e. The van der Waals surface area contributed by atoms with Gasteiger partial charge in [-0.1, -0.05) is 42.5 Å². The Kier molecular flexibility index (Phi) is 5.52. The molecule has 0 bridgehead atoms. The van der Waals surface area contributed by atoms with Gasteiger partial charge >= 0.3 is 0 Å². The van der Waals surface area contributed by atoms with E-state index in [9.17, 15) is 9.59 Å². The van der Waals surface area contributed by atoms with Gasteiger partial charge in [0.25, 0.3) is 11.8 Å². The summed E-state index contributed by atoms with van der Waals surface area (Å²) in [5, 5.41) is 2.94. The van der Waals surface area contributed by atoms with E-state index >= 15 is 0 Å². The van der Waals surface area contributed by atoms with Crippen LogP contribution in [0.3, 0.4) is 0 Å². The second-order valence-corrected chi connectivity index (χ2v) is 8.08. The quantitative estimate of drug-likeness (QED) is 0.517. The number of aryl methyl sites for hydroxylation is 1. The molecule has 0 aliphatic carbocycles. The topological polar surface area (TPSA) is 76.5 Å². The Balaban J connectivity index is 1.35. The minimum atomic E-state index is -0.793. The van der Waals surface area contributed by atoms with Gasteiger partial charge in [0.15, 0.2) is 6.10 Å². The molecule has 2 amide bonds. The fraction of sp³-hybridized carbons (Fsp3) is 0.192. The van der Waals surface area contributed by atoms with Crippen LogP contribution < -0.4 is 15.0 Å². The number of aromatic nitrogens is 2. The highest BCUT2D eigenvalue weighted by Gasteiger charge is 2.34. The van der Waals surface area contributed by atoms with E-state index in [1.807, 2.05) is 66.2 Å². The lowest BCUT2D eigenvalue weighted by atomic mass is 10.1. The third-order valence-corrected chi connectivity index (χ3v) is 5.84. The van der Waals surface area contributed by atoms with Crippen LogP contribution >= 0.6 is 0 Å². The summed E-state index contributed by atoms with van der Waals surface area (Å²) in [7, 11) is 1.91. The van der Waals surface area contributed by atoms with Crippen molar-refractivity contribution in [1.82, 2.24) is 14.9 Å². The first-order chi connectivity index (χ1) is 16.1. The Morgan fingerprint density at radius 3 is 2.70 bits per heavy atom. The van der Waals surface area contributed by atoms with Crippen LogP contribution in [0.15, 0.2) is 79.1 Å². The molecule has 0 spiro atoms. The van der Waals surface area contributed by atoms with E-state index in [0.717, 1.165) is 23.0 Å². The molecule has 1 unspecified atom stereocenters. The molecule has 0 saturated carbocycles. The summed E-state index contributed by atoms with van der Waals surface area (Å²) in [6.07, 6.45) is 1.65. The third-order valence-electron chi connectivity index (χ3n) is 5.84. The third kappa shape index (κ3) is 4.17. The molecular weight excluding hydrogens is 416 g/mol. The van der Waals surface area contributed by atoms with E-state index in [-0.39, 0.29) is 18.4 Å². The molecule has 0 fully saturated rings. The van der Waals surface area contributed by atoms with Gasteiger partial charge in [-0.2, -0.15) is 0 Å². The van der Waals surface area contributed by atoms with Gasteiger partial charge in [0.2, 0.25) is 0 Å². The minimum Gasteiger partial charge on any atom is -0.477 e. The van der Waals surface area contributed by atoms with E-state index in [1.54, 1.807) is 29.4 Å². The molecule has 0 radical (unpaired) electrons. The standard InChI is InChI=1S/C26H24N4O3/c1-29-17-28-20-15-19(11-12-21(20)29)26(32)30-16-24(33-23-10-6-5-9-22(23)30)25(31)27-14-13-18-7-3-2-4-8-18/h2-12,15,17,24H,13-14,16H2,1H3,(H,27,31). The molecule has 0 saturated heterocycles. The maximum absolute atomic E-state index is 13.5. The van der Waals surface area contributed by atoms with Crippen LogP contribution in [-0.2, 0) is 18.3 Å². The molecule has 166 valence electrons. The second-order valence-electron chi connectivity index (χ2n) is 8.08. The number of para-hydroxylation sites is 2.